The number of benzene rings is 2. The highest BCUT2D eigenvalue weighted by Gasteiger charge is 2.24. The molecule has 1 saturated heterocycles. The molecule has 1 fully saturated rings. The SMILES string of the molecule is CC(C)c1cccc(C(C)C)c1NC(=O)COC(=O)c1ccc(N2CCCC2)c([N+](=O)[O-])c1. The van der Waals surface area contributed by atoms with Gasteiger partial charge in [-0.1, -0.05) is 45.9 Å². The number of ether oxygens (including phenoxy) is 1. The lowest BCUT2D eigenvalue weighted by Gasteiger charge is -2.20. The summed E-state index contributed by atoms with van der Waals surface area (Å²) in [6.07, 6.45) is 1.96. The standard InChI is InChI=1S/C25H31N3O5/c1-16(2)19-8-7-9-20(17(3)4)24(19)26-23(29)15-33-25(30)18-10-11-21(22(14-18)28(31)32)27-12-5-6-13-27/h7-11,14,16-17H,5-6,12-13,15H2,1-4H3,(H,26,29). The Kier molecular flexibility index (Phi) is 7.68. The smallest absolute Gasteiger partial charge is 0.338 e. The Labute approximate surface area is 194 Å². The molecule has 0 saturated carbocycles. The Morgan fingerprint density at radius 1 is 1.06 bits per heavy atom. The third kappa shape index (κ3) is 5.69. The Balaban J connectivity index is 1.71. The fourth-order valence-corrected chi connectivity index (χ4v) is 4.11. The maximum atomic E-state index is 12.6. The molecular formula is C25H31N3O5. The summed E-state index contributed by atoms with van der Waals surface area (Å²) in [5, 5.41) is 14.5. The van der Waals surface area contributed by atoms with Crippen LogP contribution in [0.25, 0.3) is 0 Å². The Bertz CT molecular complexity index is 1020. The lowest BCUT2D eigenvalue weighted by molar-refractivity contribution is -0.384. The van der Waals surface area contributed by atoms with E-state index in [2.05, 4.69) is 5.32 Å². The normalized spacial score (nSPS) is 13.5. The number of nitro benzene ring substituents is 1. The molecule has 0 radical (unpaired) electrons. The molecule has 8 nitrogen and oxygen atoms in total. The third-order valence-corrected chi connectivity index (χ3v) is 5.83. The number of rotatable bonds is 8. The van der Waals surface area contributed by atoms with Crippen LogP contribution in [0, 0.1) is 10.1 Å². The molecule has 1 N–H and O–H groups in total. The van der Waals surface area contributed by atoms with E-state index in [0.717, 1.165) is 42.7 Å². The molecule has 176 valence electrons. The van der Waals surface area contributed by atoms with Crippen LogP contribution in [0.5, 0.6) is 0 Å². The van der Waals surface area contributed by atoms with Crippen LogP contribution in [-0.4, -0.2) is 36.5 Å². The molecule has 1 aliphatic heterocycles. The Morgan fingerprint density at radius 2 is 1.67 bits per heavy atom. The van der Waals surface area contributed by atoms with Gasteiger partial charge in [0.25, 0.3) is 11.6 Å². The van der Waals surface area contributed by atoms with Gasteiger partial charge in [0, 0.05) is 24.8 Å². The zero-order valence-corrected chi connectivity index (χ0v) is 19.6. The van der Waals surface area contributed by atoms with Gasteiger partial charge in [-0.15, -0.1) is 0 Å². The molecule has 0 aromatic heterocycles. The van der Waals surface area contributed by atoms with E-state index in [9.17, 15) is 19.7 Å². The highest BCUT2D eigenvalue weighted by atomic mass is 16.6. The largest absolute Gasteiger partial charge is 0.452 e. The van der Waals surface area contributed by atoms with Crippen LogP contribution in [0.3, 0.4) is 0 Å². The van der Waals surface area contributed by atoms with Crippen LogP contribution in [0.4, 0.5) is 17.1 Å². The summed E-state index contributed by atoms with van der Waals surface area (Å²) in [4.78, 5) is 38.1. The second-order valence-electron chi connectivity index (χ2n) is 8.90. The molecular weight excluding hydrogens is 422 g/mol. The summed E-state index contributed by atoms with van der Waals surface area (Å²) >= 11 is 0. The molecule has 0 aliphatic carbocycles. The van der Waals surface area contributed by atoms with Crippen LogP contribution in [0.2, 0.25) is 0 Å². The minimum Gasteiger partial charge on any atom is -0.452 e. The first-order valence-electron chi connectivity index (χ1n) is 11.3. The molecule has 1 aliphatic rings. The first kappa shape index (κ1) is 24.2. The maximum absolute atomic E-state index is 12.6. The van der Waals surface area contributed by atoms with Gasteiger partial charge < -0.3 is 15.0 Å². The number of hydrogen-bond donors (Lipinski definition) is 1. The van der Waals surface area contributed by atoms with E-state index < -0.39 is 23.4 Å². The molecule has 0 atom stereocenters. The maximum Gasteiger partial charge on any atom is 0.338 e. The van der Waals surface area contributed by atoms with E-state index in [-0.39, 0.29) is 23.1 Å². The van der Waals surface area contributed by atoms with Crippen LogP contribution in [-0.2, 0) is 9.53 Å². The number of amides is 1. The van der Waals surface area contributed by atoms with Gasteiger partial charge in [-0.2, -0.15) is 0 Å². The number of carbonyl (C=O) groups is 2. The molecule has 1 heterocycles. The van der Waals surface area contributed by atoms with Gasteiger partial charge in [0.05, 0.1) is 10.5 Å². The quantitative estimate of drug-likeness (QED) is 0.333. The number of esters is 1. The number of nitrogens with one attached hydrogen (secondary N) is 1. The Hall–Kier alpha value is -3.42. The van der Waals surface area contributed by atoms with Gasteiger partial charge in [0.2, 0.25) is 0 Å². The Morgan fingerprint density at radius 3 is 2.21 bits per heavy atom. The number of nitrogens with zero attached hydrogens (tertiary/aromatic N) is 2. The fourth-order valence-electron chi connectivity index (χ4n) is 4.11. The molecule has 33 heavy (non-hydrogen) atoms. The minimum absolute atomic E-state index is 0.0443. The topological polar surface area (TPSA) is 102 Å². The minimum atomic E-state index is -0.776. The predicted molar refractivity (Wildman–Crippen MR) is 128 cm³/mol. The van der Waals surface area contributed by atoms with Crippen LogP contribution in [0.1, 0.15) is 73.9 Å². The zero-order chi connectivity index (χ0) is 24.1. The molecule has 0 unspecified atom stereocenters. The van der Waals surface area contributed by atoms with E-state index in [1.54, 1.807) is 6.07 Å². The van der Waals surface area contributed by atoms with Gasteiger partial charge >= 0.3 is 5.97 Å². The van der Waals surface area contributed by atoms with Crippen molar-refractivity contribution in [3.8, 4) is 0 Å². The molecule has 2 aromatic rings. The summed E-state index contributed by atoms with van der Waals surface area (Å²) in [5.41, 5.74) is 3.17. The monoisotopic (exact) mass is 453 g/mol. The van der Waals surface area contributed by atoms with E-state index in [0.29, 0.717) is 5.69 Å². The molecule has 3 rings (SSSR count). The molecule has 1 amide bonds. The van der Waals surface area contributed by atoms with Crippen molar-refractivity contribution in [2.75, 3.05) is 29.9 Å². The highest BCUT2D eigenvalue weighted by molar-refractivity contribution is 5.97. The molecule has 0 spiro atoms. The van der Waals surface area contributed by atoms with Crippen molar-refractivity contribution >= 4 is 28.9 Å². The molecule has 0 bridgehead atoms. The van der Waals surface area contributed by atoms with Gasteiger partial charge in [0.1, 0.15) is 5.69 Å². The van der Waals surface area contributed by atoms with E-state index in [1.165, 1.54) is 12.1 Å². The predicted octanol–water partition coefficient (Wildman–Crippen LogP) is 5.24. The average Bonchev–Trinajstić information content (AvgIpc) is 3.31. The van der Waals surface area contributed by atoms with Crippen LogP contribution >= 0.6 is 0 Å². The lowest BCUT2D eigenvalue weighted by atomic mass is 9.92. The van der Waals surface area contributed by atoms with Gasteiger partial charge in [-0.3, -0.25) is 14.9 Å². The van der Waals surface area contributed by atoms with E-state index in [4.69, 9.17) is 4.74 Å². The number of hydrogen-bond acceptors (Lipinski definition) is 6. The number of anilines is 2. The summed E-state index contributed by atoms with van der Waals surface area (Å²) in [6, 6.07) is 10.2. The van der Waals surface area contributed by atoms with Crippen molar-refractivity contribution in [2.45, 2.75) is 52.4 Å². The van der Waals surface area contributed by atoms with Crippen LogP contribution in [0.15, 0.2) is 36.4 Å². The van der Waals surface area contributed by atoms with Crippen molar-refractivity contribution in [3.63, 3.8) is 0 Å². The second-order valence-corrected chi connectivity index (χ2v) is 8.90. The summed E-state index contributed by atoms with van der Waals surface area (Å²) in [6.45, 7) is 9.22. The number of nitro groups is 1. The number of para-hydroxylation sites is 1. The van der Waals surface area contributed by atoms with E-state index >= 15 is 0 Å². The fraction of sp³-hybridized carbons (Fsp3) is 0.440. The van der Waals surface area contributed by atoms with E-state index in [1.807, 2.05) is 50.8 Å². The first-order chi connectivity index (χ1) is 15.7. The van der Waals surface area contributed by atoms with Crippen molar-refractivity contribution in [1.82, 2.24) is 0 Å². The lowest BCUT2D eigenvalue weighted by Crippen LogP contribution is -2.23. The van der Waals surface area contributed by atoms with Crippen LogP contribution < -0.4 is 10.2 Å². The average molecular weight is 454 g/mol. The first-order valence-corrected chi connectivity index (χ1v) is 11.3. The van der Waals surface area contributed by atoms with Crippen molar-refractivity contribution in [2.24, 2.45) is 0 Å². The second kappa shape index (κ2) is 10.5. The van der Waals surface area contributed by atoms with Crippen molar-refractivity contribution < 1.29 is 19.2 Å². The van der Waals surface area contributed by atoms with Crippen molar-refractivity contribution in [1.29, 1.82) is 0 Å². The van der Waals surface area contributed by atoms with Crippen molar-refractivity contribution in [3.05, 3.63) is 63.2 Å². The van der Waals surface area contributed by atoms with Gasteiger partial charge in [-0.05, 0) is 47.9 Å². The highest BCUT2D eigenvalue weighted by Crippen LogP contribution is 2.33. The third-order valence-electron chi connectivity index (χ3n) is 5.83. The summed E-state index contributed by atoms with van der Waals surface area (Å²) in [7, 11) is 0. The van der Waals surface area contributed by atoms with Gasteiger partial charge in [-0.25, -0.2) is 4.79 Å². The zero-order valence-electron chi connectivity index (χ0n) is 19.6. The number of carbonyl (C=O) groups excluding carboxylic acids is 2. The summed E-state index contributed by atoms with van der Waals surface area (Å²) in [5.74, 6) is -0.823. The van der Waals surface area contributed by atoms with Gasteiger partial charge in [0.15, 0.2) is 6.61 Å². The molecule has 2 aromatic carbocycles. The summed E-state index contributed by atoms with van der Waals surface area (Å²) < 4.78 is 5.18. The molecule has 8 heteroatoms.